The average Bonchev–Trinajstić information content (AvgIpc) is 2.82. The third-order valence-corrected chi connectivity index (χ3v) is 4.36. The van der Waals surface area contributed by atoms with Gasteiger partial charge in [0, 0.05) is 13.2 Å². The predicted octanol–water partition coefficient (Wildman–Crippen LogP) is 1.93. The summed E-state index contributed by atoms with van der Waals surface area (Å²) in [6.07, 6.45) is 8.04. The smallest absolute Gasteiger partial charge is 0.323 e. The van der Waals surface area contributed by atoms with Crippen molar-refractivity contribution in [1.29, 1.82) is 0 Å². The standard InChI is InChI=1S/C13H23NO3/c1-17-11-6-8-13(9-7-11,12(15)16)14-10-4-2-3-5-10/h10-11,14H,2-9H2,1H3,(H,15,16). The summed E-state index contributed by atoms with van der Waals surface area (Å²) in [6.45, 7) is 0. The maximum atomic E-state index is 11.6. The highest BCUT2D eigenvalue weighted by molar-refractivity contribution is 5.79. The highest BCUT2D eigenvalue weighted by Gasteiger charge is 2.43. The maximum absolute atomic E-state index is 11.6. The molecule has 0 unspecified atom stereocenters. The highest BCUT2D eigenvalue weighted by Crippen LogP contribution is 2.32. The molecule has 0 amide bonds. The van der Waals surface area contributed by atoms with Gasteiger partial charge >= 0.3 is 5.97 Å². The van der Waals surface area contributed by atoms with Crippen LogP contribution in [0.25, 0.3) is 0 Å². The van der Waals surface area contributed by atoms with Gasteiger partial charge in [-0.3, -0.25) is 10.1 Å². The topological polar surface area (TPSA) is 58.6 Å². The van der Waals surface area contributed by atoms with Crippen LogP contribution in [0.5, 0.6) is 0 Å². The molecule has 17 heavy (non-hydrogen) atoms. The van der Waals surface area contributed by atoms with E-state index in [2.05, 4.69) is 5.32 Å². The van der Waals surface area contributed by atoms with Crippen molar-refractivity contribution in [3.63, 3.8) is 0 Å². The lowest BCUT2D eigenvalue weighted by molar-refractivity contribution is -0.148. The fourth-order valence-electron chi connectivity index (χ4n) is 3.20. The van der Waals surface area contributed by atoms with Crippen molar-refractivity contribution < 1.29 is 14.6 Å². The van der Waals surface area contributed by atoms with Gasteiger partial charge in [0.05, 0.1) is 6.10 Å². The SMILES string of the molecule is COC1CCC(NC2CCCC2)(C(=O)O)CC1. The molecule has 0 aliphatic heterocycles. The summed E-state index contributed by atoms with van der Waals surface area (Å²) >= 11 is 0. The zero-order valence-electron chi connectivity index (χ0n) is 10.6. The highest BCUT2D eigenvalue weighted by atomic mass is 16.5. The van der Waals surface area contributed by atoms with Crippen molar-refractivity contribution in [2.75, 3.05) is 7.11 Å². The molecule has 2 aliphatic rings. The van der Waals surface area contributed by atoms with Crippen LogP contribution in [-0.4, -0.2) is 35.9 Å². The summed E-state index contributed by atoms with van der Waals surface area (Å²) < 4.78 is 5.31. The fourth-order valence-corrected chi connectivity index (χ4v) is 3.20. The molecule has 0 atom stereocenters. The lowest BCUT2D eigenvalue weighted by atomic mass is 9.79. The number of carbonyl (C=O) groups is 1. The van der Waals surface area contributed by atoms with Crippen molar-refractivity contribution in [2.45, 2.75) is 69.1 Å². The number of carboxylic acid groups (broad SMARTS) is 1. The van der Waals surface area contributed by atoms with Gasteiger partial charge in [-0.25, -0.2) is 0 Å². The van der Waals surface area contributed by atoms with Crippen molar-refractivity contribution in [1.82, 2.24) is 5.32 Å². The number of nitrogens with one attached hydrogen (secondary N) is 1. The number of hydrogen-bond donors (Lipinski definition) is 2. The third kappa shape index (κ3) is 2.80. The van der Waals surface area contributed by atoms with Crippen LogP contribution in [0.2, 0.25) is 0 Å². The zero-order chi connectivity index (χ0) is 12.3. The van der Waals surface area contributed by atoms with E-state index < -0.39 is 11.5 Å². The summed E-state index contributed by atoms with van der Waals surface area (Å²) in [5.41, 5.74) is -0.690. The average molecular weight is 241 g/mol. The fraction of sp³-hybridized carbons (Fsp3) is 0.923. The van der Waals surface area contributed by atoms with Crippen molar-refractivity contribution >= 4 is 5.97 Å². The number of rotatable bonds is 4. The van der Waals surface area contributed by atoms with Gasteiger partial charge in [0.15, 0.2) is 0 Å². The van der Waals surface area contributed by atoms with E-state index in [1.165, 1.54) is 12.8 Å². The third-order valence-electron chi connectivity index (χ3n) is 4.36. The number of aliphatic carboxylic acids is 1. The Morgan fingerprint density at radius 3 is 2.29 bits per heavy atom. The molecule has 2 saturated carbocycles. The van der Waals surface area contributed by atoms with E-state index >= 15 is 0 Å². The van der Waals surface area contributed by atoms with Crippen LogP contribution in [0.3, 0.4) is 0 Å². The summed E-state index contributed by atoms with van der Waals surface area (Å²) in [7, 11) is 1.71. The summed E-state index contributed by atoms with van der Waals surface area (Å²) in [4.78, 5) is 11.6. The first kappa shape index (κ1) is 12.8. The molecule has 0 bridgehead atoms. The predicted molar refractivity (Wildman–Crippen MR) is 65.0 cm³/mol. The Morgan fingerprint density at radius 1 is 1.24 bits per heavy atom. The van der Waals surface area contributed by atoms with E-state index in [0.29, 0.717) is 18.9 Å². The van der Waals surface area contributed by atoms with Crippen LogP contribution >= 0.6 is 0 Å². The lowest BCUT2D eigenvalue weighted by Crippen LogP contribution is -2.57. The number of methoxy groups -OCH3 is 1. The van der Waals surface area contributed by atoms with Gasteiger partial charge in [-0.05, 0) is 38.5 Å². The summed E-state index contributed by atoms with van der Waals surface area (Å²) in [5.74, 6) is -0.682. The molecule has 0 saturated heterocycles. The Hall–Kier alpha value is -0.610. The molecule has 4 nitrogen and oxygen atoms in total. The van der Waals surface area contributed by atoms with Gasteiger partial charge < -0.3 is 9.84 Å². The first-order chi connectivity index (χ1) is 8.16. The van der Waals surface area contributed by atoms with Crippen molar-refractivity contribution in [3.8, 4) is 0 Å². The zero-order valence-corrected chi connectivity index (χ0v) is 10.6. The number of hydrogen-bond acceptors (Lipinski definition) is 3. The molecule has 2 N–H and O–H groups in total. The molecule has 2 aliphatic carbocycles. The Kier molecular flexibility index (Phi) is 4.05. The first-order valence-corrected chi connectivity index (χ1v) is 6.70. The van der Waals surface area contributed by atoms with Gasteiger partial charge in [0.2, 0.25) is 0 Å². The van der Waals surface area contributed by atoms with Crippen LogP contribution in [0.15, 0.2) is 0 Å². The molecule has 0 radical (unpaired) electrons. The number of carboxylic acids is 1. The molecular formula is C13H23NO3. The molecule has 0 spiro atoms. The van der Waals surface area contributed by atoms with Crippen LogP contribution in [-0.2, 0) is 9.53 Å². The van der Waals surface area contributed by atoms with E-state index in [-0.39, 0.29) is 6.10 Å². The Morgan fingerprint density at radius 2 is 1.82 bits per heavy atom. The molecule has 0 aromatic heterocycles. The van der Waals surface area contributed by atoms with Crippen LogP contribution in [0.4, 0.5) is 0 Å². The molecule has 0 aromatic rings. The minimum absolute atomic E-state index is 0.243. The Bertz CT molecular complexity index is 266. The lowest BCUT2D eigenvalue weighted by Gasteiger charge is -2.39. The van der Waals surface area contributed by atoms with E-state index in [4.69, 9.17) is 4.74 Å². The normalized spacial score (nSPS) is 35.0. The number of ether oxygens (including phenoxy) is 1. The second-order valence-electron chi connectivity index (χ2n) is 5.45. The molecule has 2 fully saturated rings. The molecule has 98 valence electrons. The minimum atomic E-state index is -0.690. The van der Waals surface area contributed by atoms with Crippen LogP contribution in [0.1, 0.15) is 51.4 Å². The summed E-state index contributed by atoms with van der Waals surface area (Å²) in [6, 6.07) is 0.408. The van der Waals surface area contributed by atoms with Gasteiger partial charge in [-0.15, -0.1) is 0 Å². The van der Waals surface area contributed by atoms with Gasteiger partial charge in [0.1, 0.15) is 5.54 Å². The largest absolute Gasteiger partial charge is 0.480 e. The summed E-state index contributed by atoms with van der Waals surface area (Å²) in [5, 5.41) is 12.9. The van der Waals surface area contributed by atoms with E-state index in [1.807, 2.05) is 0 Å². The second kappa shape index (κ2) is 5.36. The van der Waals surface area contributed by atoms with Crippen molar-refractivity contribution in [2.24, 2.45) is 0 Å². The first-order valence-electron chi connectivity index (χ1n) is 6.70. The van der Waals surface area contributed by atoms with Crippen LogP contribution in [0, 0.1) is 0 Å². The minimum Gasteiger partial charge on any atom is -0.480 e. The molecule has 2 rings (SSSR count). The van der Waals surface area contributed by atoms with E-state index in [0.717, 1.165) is 25.7 Å². The molecular weight excluding hydrogens is 218 g/mol. The monoisotopic (exact) mass is 241 g/mol. The van der Waals surface area contributed by atoms with Gasteiger partial charge in [-0.2, -0.15) is 0 Å². The van der Waals surface area contributed by atoms with Crippen molar-refractivity contribution in [3.05, 3.63) is 0 Å². The van der Waals surface area contributed by atoms with E-state index in [1.54, 1.807) is 7.11 Å². The quantitative estimate of drug-likeness (QED) is 0.789. The molecule has 4 heteroatoms. The van der Waals surface area contributed by atoms with E-state index in [9.17, 15) is 9.90 Å². The Labute approximate surface area is 103 Å². The molecule has 0 aromatic carbocycles. The van der Waals surface area contributed by atoms with Gasteiger partial charge in [-0.1, -0.05) is 12.8 Å². The maximum Gasteiger partial charge on any atom is 0.323 e. The van der Waals surface area contributed by atoms with Gasteiger partial charge in [0.25, 0.3) is 0 Å². The Balaban J connectivity index is 1.98. The second-order valence-corrected chi connectivity index (χ2v) is 5.45. The van der Waals surface area contributed by atoms with Crippen LogP contribution < -0.4 is 5.32 Å². The molecule has 0 heterocycles.